The number of benzene rings is 1. The lowest BCUT2D eigenvalue weighted by Crippen LogP contribution is -2.49. The van der Waals surface area contributed by atoms with E-state index in [0.29, 0.717) is 23.9 Å². The van der Waals surface area contributed by atoms with Gasteiger partial charge in [-0.15, -0.1) is 0 Å². The van der Waals surface area contributed by atoms with E-state index in [1.165, 1.54) is 0 Å². The molecule has 2 aliphatic rings. The predicted octanol–water partition coefficient (Wildman–Crippen LogP) is 3.74. The van der Waals surface area contributed by atoms with Crippen LogP contribution in [0.4, 0.5) is 0 Å². The van der Waals surface area contributed by atoms with Crippen molar-refractivity contribution in [2.75, 3.05) is 20.3 Å². The zero-order valence-corrected chi connectivity index (χ0v) is 16.4. The molecule has 1 atom stereocenters. The van der Waals surface area contributed by atoms with Gasteiger partial charge in [0, 0.05) is 24.2 Å². The highest BCUT2D eigenvalue weighted by molar-refractivity contribution is 7.80. The fourth-order valence-corrected chi connectivity index (χ4v) is 3.99. The van der Waals surface area contributed by atoms with Crippen LogP contribution in [-0.4, -0.2) is 36.1 Å². The summed E-state index contributed by atoms with van der Waals surface area (Å²) >= 11 is 5.57. The Balaban J connectivity index is 2.02. The summed E-state index contributed by atoms with van der Waals surface area (Å²) in [6.45, 7) is 5.52. The second-order valence-electron chi connectivity index (χ2n) is 6.52. The lowest BCUT2D eigenvalue weighted by atomic mass is 9.84. The van der Waals surface area contributed by atoms with Gasteiger partial charge >= 0.3 is 0 Å². The Kier molecular flexibility index (Phi) is 5.81. The molecule has 6 heteroatoms. The third kappa shape index (κ3) is 3.43. The van der Waals surface area contributed by atoms with Crippen LogP contribution in [-0.2, 0) is 4.79 Å². The van der Waals surface area contributed by atoms with Crippen LogP contribution in [0.2, 0.25) is 0 Å². The second-order valence-corrected chi connectivity index (χ2v) is 6.91. The van der Waals surface area contributed by atoms with E-state index < -0.39 is 0 Å². The van der Waals surface area contributed by atoms with Gasteiger partial charge in [0.15, 0.2) is 22.4 Å². The van der Waals surface area contributed by atoms with Crippen LogP contribution in [0.1, 0.15) is 51.1 Å². The predicted molar refractivity (Wildman–Crippen MR) is 106 cm³/mol. The first-order valence-electron chi connectivity index (χ1n) is 9.25. The average Bonchev–Trinajstić information content (AvgIpc) is 2.65. The first-order chi connectivity index (χ1) is 12.6. The molecule has 5 nitrogen and oxygen atoms in total. The van der Waals surface area contributed by atoms with Gasteiger partial charge in [-0.25, -0.2) is 0 Å². The van der Waals surface area contributed by atoms with Gasteiger partial charge in [-0.3, -0.25) is 4.79 Å². The van der Waals surface area contributed by atoms with Crippen LogP contribution in [0, 0.1) is 0 Å². The highest BCUT2D eigenvalue weighted by Crippen LogP contribution is 2.39. The van der Waals surface area contributed by atoms with E-state index in [4.69, 9.17) is 21.7 Å². The molecule has 1 aliphatic carbocycles. The highest BCUT2D eigenvalue weighted by atomic mass is 32.1. The molecular formula is C20H26N2O3S. The van der Waals surface area contributed by atoms with Crippen LogP contribution in [0.15, 0.2) is 29.5 Å². The molecule has 0 fully saturated rings. The number of hydrogen-bond donors (Lipinski definition) is 1. The van der Waals surface area contributed by atoms with E-state index in [2.05, 4.69) is 19.2 Å². The number of thiocarbonyl (C=S) groups is 1. The molecule has 0 spiro atoms. The van der Waals surface area contributed by atoms with Crippen molar-refractivity contribution in [1.82, 2.24) is 10.2 Å². The van der Waals surface area contributed by atoms with Crippen molar-refractivity contribution < 1.29 is 14.3 Å². The zero-order chi connectivity index (χ0) is 18.7. The van der Waals surface area contributed by atoms with Crippen LogP contribution in [0.5, 0.6) is 11.5 Å². The van der Waals surface area contributed by atoms with Gasteiger partial charge in [0.1, 0.15) is 0 Å². The van der Waals surface area contributed by atoms with Crippen molar-refractivity contribution in [1.29, 1.82) is 0 Å². The third-order valence-corrected chi connectivity index (χ3v) is 5.19. The normalized spacial score (nSPS) is 20.0. The molecule has 26 heavy (non-hydrogen) atoms. The molecule has 1 heterocycles. The second kappa shape index (κ2) is 8.08. The number of nitrogens with one attached hydrogen (secondary N) is 1. The van der Waals surface area contributed by atoms with Gasteiger partial charge in [0.05, 0.1) is 19.8 Å². The molecule has 1 unspecified atom stereocenters. The summed E-state index contributed by atoms with van der Waals surface area (Å²) in [4.78, 5) is 14.8. The summed E-state index contributed by atoms with van der Waals surface area (Å²) in [6.07, 6.45) is 3.30. The summed E-state index contributed by atoms with van der Waals surface area (Å²) in [5.41, 5.74) is 2.88. The molecule has 1 aliphatic heterocycles. The quantitative estimate of drug-likeness (QED) is 0.766. The standard InChI is InChI=1S/C20H26N2O3S/c1-4-11-25-16-10-9-13(12-17(16)24-3)19-18-14(7-6-8-15(18)23)22(5-2)20(26)21-19/h9-10,12,19H,4-8,11H2,1-3H3,(H,21,26). The molecular weight excluding hydrogens is 348 g/mol. The number of carbonyl (C=O) groups is 1. The molecule has 1 N–H and O–H groups in total. The van der Waals surface area contributed by atoms with Crippen LogP contribution >= 0.6 is 12.2 Å². The van der Waals surface area contributed by atoms with Crippen LogP contribution in [0.3, 0.4) is 0 Å². The fourth-order valence-electron chi connectivity index (χ4n) is 3.63. The van der Waals surface area contributed by atoms with Crippen LogP contribution < -0.4 is 14.8 Å². The Morgan fingerprint density at radius 3 is 2.77 bits per heavy atom. The van der Waals surface area contributed by atoms with E-state index in [1.807, 2.05) is 23.1 Å². The molecule has 1 aromatic carbocycles. The number of Topliss-reactive ketones (excluding diaryl/α,β-unsaturated/α-hetero) is 1. The summed E-state index contributed by atoms with van der Waals surface area (Å²) < 4.78 is 11.3. The van der Waals surface area contributed by atoms with Gasteiger partial charge in [0.25, 0.3) is 0 Å². The van der Waals surface area contributed by atoms with E-state index >= 15 is 0 Å². The minimum atomic E-state index is -0.234. The van der Waals surface area contributed by atoms with Crippen molar-refractivity contribution in [2.45, 2.75) is 45.6 Å². The maximum absolute atomic E-state index is 12.7. The van der Waals surface area contributed by atoms with E-state index in [-0.39, 0.29) is 11.8 Å². The Labute approximate surface area is 160 Å². The number of hydrogen-bond acceptors (Lipinski definition) is 4. The number of allylic oxidation sites excluding steroid dienone is 1. The maximum atomic E-state index is 12.7. The zero-order valence-electron chi connectivity index (χ0n) is 15.6. The van der Waals surface area contributed by atoms with Crippen molar-refractivity contribution >= 4 is 23.1 Å². The van der Waals surface area contributed by atoms with Crippen molar-refractivity contribution in [2.24, 2.45) is 0 Å². The monoisotopic (exact) mass is 374 g/mol. The molecule has 3 rings (SSSR count). The summed E-state index contributed by atoms with van der Waals surface area (Å²) in [7, 11) is 1.63. The fraction of sp³-hybridized carbons (Fsp3) is 0.500. The molecule has 0 amide bonds. The average molecular weight is 375 g/mol. The molecule has 0 bridgehead atoms. The summed E-state index contributed by atoms with van der Waals surface area (Å²) in [5.74, 6) is 1.60. The minimum Gasteiger partial charge on any atom is -0.493 e. The number of rotatable bonds is 6. The van der Waals surface area contributed by atoms with Gasteiger partial charge in [-0.05, 0) is 56.1 Å². The van der Waals surface area contributed by atoms with Gasteiger partial charge in [-0.1, -0.05) is 13.0 Å². The van der Waals surface area contributed by atoms with Crippen molar-refractivity contribution in [3.8, 4) is 11.5 Å². The highest BCUT2D eigenvalue weighted by Gasteiger charge is 2.36. The Bertz CT molecular complexity index is 745. The van der Waals surface area contributed by atoms with Crippen molar-refractivity contribution in [3.05, 3.63) is 35.0 Å². The molecule has 1 aromatic rings. The van der Waals surface area contributed by atoms with Crippen molar-refractivity contribution in [3.63, 3.8) is 0 Å². The Morgan fingerprint density at radius 2 is 2.08 bits per heavy atom. The van der Waals surface area contributed by atoms with Gasteiger partial charge in [0.2, 0.25) is 0 Å². The lowest BCUT2D eigenvalue weighted by Gasteiger charge is -2.40. The smallest absolute Gasteiger partial charge is 0.173 e. The minimum absolute atomic E-state index is 0.204. The number of carbonyl (C=O) groups excluding carboxylic acids is 1. The molecule has 0 radical (unpaired) electrons. The number of methoxy groups -OCH3 is 1. The maximum Gasteiger partial charge on any atom is 0.173 e. The first kappa shape index (κ1) is 18.7. The summed E-state index contributed by atoms with van der Waals surface area (Å²) in [6, 6.07) is 5.61. The SMILES string of the molecule is CCCOc1ccc(C2NC(=S)N(CC)C3=C2C(=O)CCC3)cc1OC. The van der Waals surface area contributed by atoms with E-state index in [1.54, 1.807) is 7.11 Å². The Morgan fingerprint density at radius 1 is 1.27 bits per heavy atom. The molecule has 0 saturated carbocycles. The number of nitrogens with zero attached hydrogens (tertiary/aromatic N) is 1. The molecule has 140 valence electrons. The molecule has 0 saturated heterocycles. The van der Waals surface area contributed by atoms with Gasteiger partial charge in [-0.2, -0.15) is 0 Å². The Hall–Kier alpha value is -2.08. The molecule has 0 aromatic heterocycles. The number of ketones is 1. The summed E-state index contributed by atoms with van der Waals surface area (Å²) in [5, 5.41) is 4.04. The van der Waals surface area contributed by atoms with Crippen LogP contribution in [0.25, 0.3) is 0 Å². The lowest BCUT2D eigenvalue weighted by molar-refractivity contribution is -0.116. The topological polar surface area (TPSA) is 50.8 Å². The van der Waals surface area contributed by atoms with E-state index in [0.717, 1.165) is 48.4 Å². The van der Waals surface area contributed by atoms with Gasteiger partial charge < -0.3 is 19.7 Å². The van der Waals surface area contributed by atoms with E-state index in [9.17, 15) is 4.79 Å². The largest absolute Gasteiger partial charge is 0.493 e. The first-order valence-corrected chi connectivity index (χ1v) is 9.66. The third-order valence-electron chi connectivity index (χ3n) is 4.86. The number of ether oxygens (including phenoxy) is 2.